The predicted molar refractivity (Wildman–Crippen MR) is 76.4 cm³/mol. The smallest absolute Gasteiger partial charge is 0.241 e. The quantitative estimate of drug-likeness (QED) is 0.846. The van der Waals surface area contributed by atoms with Crippen LogP contribution in [0.5, 0.6) is 0 Å². The number of rotatable bonds is 6. The number of sulfonamides is 1. The highest BCUT2D eigenvalue weighted by atomic mass is 32.2. The van der Waals surface area contributed by atoms with E-state index >= 15 is 0 Å². The lowest BCUT2D eigenvalue weighted by molar-refractivity contribution is 0.248. The van der Waals surface area contributed by atoms with Gasteiger partial charge in [0.25, 0.3) is 0 Å². The van der Waals surface area contributed by atoms with Crippen LogP contribution < -0.4 is 10.0 Å². The monoisotopic (exact) mass is 300 g/mol. The molecule has 0 unspecified atom stereocenters. The van der Waals surface area contributed by atoms with E-state index in [1.165, 1.54) is 12.1 Å². The first-order chi connectivity index (χ1) is 9.36. The summed E-state index contributed by atoms with van der Waals surface area (Å²) in [6.45, 7) is 4.95. The van der Waals surface area contributed by atoms with Gasteiger partial charge < -0.3 is 5.32 Å². The van der Waals surface area contributed by atoms with E-state index < -0.39 is 15.8 Å². The topological polar surface area (TPSA) is 58.2 Å². The maximum Gasteiger partial charge on any atom is 0.241 e. The van der Waals surface area contributed by atoms with Crippen LogP contribution in [-0.4, -0.2) is 20.5 Å². The average Bonchev–Trinajstić information content (AvgIpc) is 2.35. The molecule has 0 spiro atoms. The minimum Gasteiger partial charge on any atom is -0.313 e. The zero-order chi connectivity index (χ0) is 14.8. The maximum absolute atomic E-state index is 13.4. The SMILES string of the molecule is CCNCc1ccc(F)cc1S(=O)(=O)NC1(C)CCC1. The van der Waals surface area contributed by atoms with Crippen molar-refractivity contribution in [3.63, 3.8) is 0 Å². The van der Waals surface area contributed by atoms with Gasteiger partial charge in [0.05, 0.1) is 4.90 Å². The second-order valence-corrected chi connectivity index (χ2v) is 7.20. The molecule has 0 radical (unpaired) electrons. The lowest BCUT2D eigenvalue weighted by Crippen LogP contribution is -2.50. The molecule has 6 heteroatoms. The van der Waals surface area contributed by atoms with Crippen LogP contribution in [0.3, 0.4) is 0 Å². The van der Waals surface area contributed by atoms with Crippen molar-refractivity contribution in [2.75, 3.05) is 6.54 Å². The van der Waals surface area contributed by atoms with Crippen molar-refractivity contribution in [1.29, 1.82) is 0 Å². The molecule has 112 valence electrons. The first-order valence-electron chi connectivity index (χ1n) is 6.89. The Labute approximate surface area is 119 Å². The van der Waals surface area contributed by atoms with Crippen molar-refractivity contribution in [2.45, 2.75) is 50.1 Å². The van der Waals surface area contributed by atoms with Crippen LogP contribution >= 0.6 is 0 Å². The molecule has 0 amide bonds. The molecule has 1 saturated carbocycles. The van der Waals surface area contributed by atoms with Crippen molar-refractivity contribution in [1.82, 2.24) is 10.0 Å². The van der Waals surface area contributed by atoms with Crippen molar-refractivity contribution < 1.29 is 12.8 Å². The van der Waals surface area contributed by atoms with Crippen LogP contribution in [0.25, 0.3) is 0 Å². The van der Waals surface area contributed by atoms with Gasteiger partial charge in [-0.1, -0.05) is 13.0 Å². The molecule has 1 aromatic carbocycles. The van der Waals surface area contributed by atoms with E-state index in [4.69, 9.17) is 0 Å². The van der Waals surface area contributed by atoms with E-state index in [9.17, 15) is 12.8 Å². The summed E-state index contributed by atoms with van der Waals surface area (Å²) in [7, 11) is -3.69. The summed E-state index contributed by atoms with van der Waals surface area (Å²) in [6.07, 6.45) is 2.67. The zero-order valence-corrected chi connectivity index (χ0v) is 12.7. The van der Waals surface area contributed by atoms with Gasteiger partial charge in [-0.2, -0.15) is 0 Å². The first-order valence-corrected chi connectivity index (χ1v) is 8.38. The number of halogens is 1. The highest BCUT2D eigenvalue weighted by Gasteiger charge is 2.36. The fraction of sp³-hybridized carbons (Fsp3) is 0.571. The summed E-state index contributed by atoms with van der Waals surface area (Å²) in [5, 5.41) is 3.07. The van der Waals surface area contributed by atoms with E-state index in [1.54, 1.807) is 0 Å². The Morgan fingerprint density at radius 2 is 2.05 bits per heavy atom. The van der Waals surface area contributed by atoms with Crippen LogP contribution in [0.2, 0.25) is 0 Å². The standard InChI is InChI=1S/C14H21FN2O2S/c1-3-16-10-11-5-6-12(15)9-13(11)20(18,19)17-14(2)7-4-8-14/h5-6,9,16-17H,3-4,7-8,10H2,1-2H3. The molecule has 2 N–H and O–H groups in total. The highest BCUT2D eigenvalue weighted by molar-refractivity contribution is 7.89. The largest absolute Gasteiger partial charge is 0.313 e. The van der Waals surface area contributed by atoms with Gasteiger partial charge in [-0.25, -0.2) is 17.5 Å². The summed E-state index contributed by atoms with van der Waals surface area (Å²) >= 11 is 0. The van der Waals surface area contributed by atoms with Gasteiger partial charge >= 0.3 is 0 Å². The molecule has 2 rings (SSSR count). The molecule has 0 heterocycles. The summed E-state index contributed by atoms with van der Waals surface area (Å²) in [4.78, 5) is 0.0339. The van der Waals surface area contributed by atoms with Crippen molar-refractivity contribution >= 4 is 10.0 Å². The van der Waals surface area contributed by atoms with Gasteiger partial charge in [0.2, 0.25) is 10.0 Å². The Kier molecular flexibility index (Phi) is 4.46. The molecule has 1 aliphatic carbocycles. The predicted octanol–water partition coefficient (Wildman–Crippen LogP) is 2.16. The fourth-order valence-electron chi connectivity index (χ4n) is 2.37. The van der Waals surface area contributed by atoms with E-state index in [1.807, 2.05) is 13.8 Å². The van der Waals surface area contributed by atoms with Gasteiger partial charge in [-0.3, -0.25) is 0 Å². The summed E-state index contributed by atoms with van der Waals surface area (Å²) in [6, 6.07) is 3.91. The Morgan fingerprint density at radius 1 is 1.35 bits per heavy atom. The van der Waals surface area contributed by atoms with Gasteiger partial charge in [-0.15, -0.1) is 0 Å². The number of benzene rings is 1. The molecule has 4 nitrogen and oxygen atoms in total. The molecular formula is C14H21FN2O2S. The zero-order valence-electron chi connectivity index (χ0n) is 11.9. The maximum atomic E-state index is 13.4. The molecule has 1 fully saturated rings. The van der Waals surface area contributed by atoms with Crippen LogP contribution in [0.4, 0.5) is 4.39 Å². The summed E-state index contributed by atoms with van der Waals surface area (Å²) in [5.74, 6) is -0.538. The second-order valence-electron chi connectivity index (χ2n) is 5.55. The number of hydrogen-bond donors (Lipinski definition) is 2. The molecule has 0 bridgehead atoms. The third-order valence-corrected chi connectivity index (χ3v) is 5.44. The van der Waals surface area contributed by atoms with E-state index in [-0.39, 0.29) is 10.4 Å². The van der Waals surface area contributed by atoms with Crippen molar-refractivity contribution in [3.05, 3.63) is 29.6 Å². The molecule has 0 aromatic heterocycles. The van der Waals surface area contributed by atoms with Gasteiger partial charge in [-0.05, 0) is 50.4 Å². The second kappa shape index (κ2) is 5.79. The fourth-order valence-corrected chi connectivity index (χ4v) is 4.09. The van der Waals surface area contributed by atoms with Crippen LogP contribution in [0, 0.1) is 5.82 Å². The van der Waals surface area contributed by atoms with E-state index in [0.29, 0.717) is 12.1 Å². The lowest BCUT2D eigenvalue weighted by Gasteiger charge is -2.38. The molecule has 0 aliphatic heterocycles. The lowest BCUT2D eigenvalue weighted by atomic mass is 9.80. The third-order valence-electron chi connectivity index (χ3n) is 3.72. The van der Waals surface area contributed by atoms with Gasteiger partial charge in [0, 0.05) is 12.1 Å². The molecule has 1 aromatic rings. The third kappa shape index (κ3) is 3.37. The van der Waals surface area contributed by atoms with Crippen LogP contribution in [0.15, 0.2) is 23.1 Å². The molecule has 1 aliphatic rings. The molecule has 0 saturated heterocycles. The van der Waals surface area contributed by atoms with Crippen LogP contribution in [0.1, 0.15) is 38.7 Å². The highest BCUT2D eigenvalue weighted by Crippen LogP contribution is 2.33. The Hall–Kier alpha value is -0.980. The molecule has 20 heavy (non-hydrogen) atoms. The Morgan fingerprint density at radius 3 is 2.60 bits per heavy atom. The average molecular weight is 300 g/mol. The number of hydrogen-bond acceptors (Lipinski definition) is 3. The minimum absolute atomic E-state index is 0.0339. The Balaban J connectivity index is 2.31. The first kappa shape index (κ1) is 15.4. The van der Waals surface area contributed by atoms with Crippen molar-refractivity contribution in [3.8, 4) is 0 Å². The number of nitrogens with one attached hydrogen (secondary N) is 2. The van der Waals surface area contributed by atoms with Gasteiger partial charge in [0.1, 0.15) is 5.82 Å². The molecular weight excluding hydrogens is 279 g/mol. The molecule has 0 atom stereocenters. The van der Waals surface area contributed by atoms with Crippen LogP contribution in [-0.2, 0) is 16.6 Å². The normalized spacial score (nSPS) is 17.8. The van der Waals surface area contributed by atoms with E-state index in [2.05, 4.69) is 10.0 Å². The summed E-state index contributed by atoms with van der Waals surface area (Å²) in [5.41, 5.74) is 0.198. The minimum atomic E-state index is -3.69. The Bertz CT molecular complexity index is 583. The van der Waals surface area contributed by atoms with Gasteiger partial charge in [0.15, 0.2) is 0 Å². The van der Waals surface area contributed by atoms with Crippen molar-refractivity contribution in [2.24, 2.45) is 0 Å². The van der Waals surface area contributed by atoms with E-state index in [0.717, 1.165) is 31.9 Å². The summed E-state index contributed by atoms with van der Waals surface area (Å²) < 4.78 is 41.1.